The fourth-order valence-electron chi connectivity index (χ4n) is 7.14. The molecule has 2 saturated heterocycles. The lowest BCUT2D eigenvalue weighted by Crippen LogP contribution is -2.60. The Hall–Kier alpha value is -3.58. The molecule has 0 spiro atoms. The lowest BCUT2D eigenvalue weighted by molar-refractivity contribution is -0.143. The standard InChI is InChI=1S/C29H20Cl2F6N2O5/c1-38-24(43)26(30)11-19-17(21(27(26,31)25(38)44)12-3-2-4-16(40)7-12)5-6-18-20(19)23(42)39(22(18)41)15-9-13(28(32,33)34)8-14(10-15)29(35,36)37/h2-5,7-10,18-21,40H,6,11H2,1H3. The summed E-state index contributed by atoms with van der Waals surface area (Å²) in [6.45, 7) is 0. The van der Waals surface area contributed by atoms with E-state index in [1.807, 2.05) is 0 Å². The second-order valence-electron chi connectivity index (χ2n) is 11.4. The van der Waals surface area contributed by atoms with Gasteiger partial charge in [-0.3, -0.25) is 24.1 Å². The number of halogens is 8. The van der Waals surface area contributed by atoms with Gasteiger partial charge < -0.3 is 5.11 Å². The molecule has 7 nitrogen and oxygen atoms in total. The van der Waals surface area contributed by atoms with Gasteiger partial charge in [0.25, 0.3) is 11.8 Å². The first-order valence-corrected chi connectivity index (χ1v) is 13.9. The van der Waals surface area contributed by atoms with Gasteiger partial charge in [0.05, 0.1) is 28.7 Å². The Kier molecular flexibility index (Phi) is 6.55. The maximum absolute atomic E-state index is 13.9. The monoisotopic (exact) mass is 660 g/mol. The van der Waals surface area contributed by atoms with Crippen LogP contribution in [0.5, 0.6) is 5.75 Å². The maximum atomic E-state index is 13.9. The summed E-state index contributed by atoms with van der Waals surface area (Å²) >= 11 is 14.0. The molecule has 2 aliphatic carbocycles. The number of benzene rings is 2. The fourth-order valence-corrected chi connectivity index (χ4v) is 8.16. The Morgan fingerprint density at radius 2 is 1.48 bits per heavy atom. The number of amides is 4. The molecule has 0 radical (unpaired) electrons. The molecule has 0 aromatic heterocycles. The number of phenolic OH excluding ortho intramolecular Hbond substituents is 1. The molecule has 6 atom stereocenters. The molecule has 6 rings (SSSR count). The van der Waals surface area contributed by atoms with Gasteiger partial charge in [-0.25, -0.2) is 4.90 Å². The van der Waals surface area contributed by atoms with Crippen molar-refractivity contribution in [3.63, 3.8) is 0 Å². The number of allylic oxidation sites excluding steroid dienone is 2. The highest BCUT2D eigenvalue weighted by molar-refractivity contribution is 6.53. The predicted molar refractivity (Wildman–Crippen MR) is 143 cm³/mol. The molecular weight excluding hydrogens is 641 g/mol. The average Bonchev–Trinajstić information content (AvgIpc) is 3.26. The number of alkyl halides is 8. The zero-order valence-electron chi connectivity index (χ0n) is 22.3. The van der Waals surface area contributed by atoms with Crippen molar-refractivity contribution in [1.82, 2.24) is 4.90 Å². The summed E-state index contributed by atoms with van der Waals surface area (Å²) in [4.78, 5) is 51.2. The number of carbonyl (C=O) groups excluding carboxylic acids is 4. The highest BCUT2D eigenvalue weighted by Gasteiger charge is 2.76. The van der Waals surface area contributed by atoms with Gasteiger partial charge in [0, 0.05) is 13.0 Å². The number of hydrogen-bond donors (Lipinski definition) is 1. The Morgan fingerprint density at radius 1 is 0.864 bits per heavy atom. The minimum Gasteiger partial charge on any atom is -0.508 e. The van der Waals surface area contributed by atoms with Crippen molar-refractivity contribution in [2.75, 3.05) is 11.9 Å². The molecule has 15 heteroatoms. The van der Waals surface area contributed by atoms with Crippen LogP contribution in [0.3, 0.4) is 0 Å². The number of phenols is 1. The van der Waals surface area contributed by atoms with E-state index in [0.717, 1.165) is 4.90 Å². The van der Waals surface area contributed by atoms with E-state index in [2.05, 4.69) is 0 Å². The topological polar surface area (TPSA) is 95.0 Å². The van der Waals surface area contributed by atoms with Gasteiger partial charge >= 0.3 is 12.4 Å². The zero-order valence-corrected chi connectivity index (χ0v) is 23.9. The first kappa shape index (κ1) is 30.4. The van der Waals surface area contributed by atoms with Crippen molar-refractivity contribution in [2.45, 2.75) is 40.9 Å². The predicted octanol–water partition coefficient (Wildman–Crippen LogP) is 5.62. The van der Waals surface area contributed by atoms with Crippen LogP contribution >= 0.6 is 23.2 Å². The maximum Gasteiger partial charge on any atom is 0.416 e. The Labute approximate surface area is 255 Å². The lowest BCUT2D eigenvalue weighted by atomic mass is 9.56. The third-order valence-corrected chi connectivity index (χ3v) is 10.5. The number of likely N-dealkylation sites (tertiary alicyclic amines) is 1. The van der Waals surface area contributed by atoms with Gasteiger partial charge in [-0.15, -0.1) is 23.2 Å². The summed E-state index contributed by atoms with van der Waals surface area (Å²) in [6.07, 6.45) is -9.51. The van der Waals surface area contributed by atoms with E-state index < -0.39 is 92.6 Å². The number of rotatable bonds is 2. The van der Waals surface area contributed by atoms with Gasteiger partial charge in [0.15, 0.2) is 9.75 Å². The minimum atomic E-state index is -5.22. The zero-order chi connectivity index (χ0) is 32.3. The van der Waals surface area contributed by atoms with Crippen molar-refractivity contribution in [3.05, 3.63) is 70.8 Å². The van der Waals surface area contributed by atoms with Crippen LogP contribution in [-0.4, -0.2) is 50.4 Å². The Morgan fingerprint density at radius 3 is 2.05 bits per heavy atom. The Balaban J connectivity index is 1.50. The molecule has 1 N–H and O–H groups in total. The molecule has 4 amide bonds. The van der Waals surface area contributed by atoms with Crippen LogP contribution < -0.4 is 4.90 Å². The third-order valence-electron chi connectivity index (χ3n) is 9.05. The van der Waals surface area contributed by atoms with Gasteiger partial charge in [-0.05, 0) is 54.7 Å². The molecule has 6 unspecified atom stereocenters. The van der Waals surface area contributed by atoms with Crippen molar-refractivity contribution < 1.29 is 50.6 Å². The summed E-state index contributed by atoms with van der Waals surface area (Å²) in [5.41, 5.74) is -3.72. The number of imide groups is 2. The summed E-state index contributed by atoms with van der Waals surface area (Å²) in [5.74, 6) is -8.86. The van der Waals surface area contributed by atoms with Crippen LogP contribution in [0.4, 0.5) is 32.0 Å². The highest BCUT2D eigenvalue weighted by Crippen LogP contribution is 2.65. The quantitative estimate of drug-likeness (QED) is 0.195. The first-order chi connectivity index (χ1) is 20.3. The molecule has 2 aliphatic heterocycles. The molecule has 4 aliphatic rings. The van der Waals surface area contributed by atoms with Crippen LogP contribution in [0.15, 0.2) is 54.1 Å². The largest absolute Gasteiger partial charge is 0.508 e. The van der Waals surface area contributed by atoms with E-state index in [1.54, 1.807) is 6.08 Å². The van der Waals surface area contributed by atoms with Gasteiger partial charge in [-0.2, -0.15) is 26.3 Å². The third kappa shape index (κ3) is 4.04. The van der Waals surface area contributed by atoms with Gasteiger partial charge in [0.2, 0.25) is 11.8 Å². The molecule has 2 heterocycles. The number of fused-ring (bicyclic) bond motifs is 4. The molecule has 0 bridgehead atoms. The van der Waals surface area contributed by atoms with Gasteiger partial charge in [-0.1, -0.05) is 23.8 Å². The smallest absolute Gasteiger partial charge is 0.416 e. The number of carbonyl (C=O) groups is 4. The van der Waals surface area contributed by atoms with E-state index in [-0.39, 0.29) is 23.8 Å². The van der Waals surface area contributed by atoms with Gasteiger partial charge in [0.1, 0.15) is 5.75 Å². The van der Waals surface area contributed by atoms with E-state index in [1.165, 1.54) is 31.3 Å². The number of nitrogens with zero attached hydrogens (tertiary/aromatic N) is 2. The van der Waals surface area contributed by atoms with Crippen LogP contribution in [0, 0.1) is 17.8 Å². The van der Waals surface area contributed by atoms with E-state index in [9.17, 15) is 50.6 Å². The molecule has 2 aromatic carbocycles. The number of hydrogen-bond acceptors (Lipinski definition) is 5. The summed E-state index contributed by atoms with van der Waals surface area (Å²) < 4.78 is 81.6. The first-order valence-electron chi connectivity index (χ1n) is 13.2. The number of anilines is 1. The minimum absolute atomic E-state index is 0.112. The van der Waals surface area contributed by atoms with Crippen molar-refractivity contribution in [3.8, 4) is 5.75 Å². The molecule has 232 valence electrons. The van der Waals surface area contributed by atoms with E-state index in [0.29, 0.717) is 22.6 Å². The summed E-state index contributed by atoms with van der Waals surface area (Å²) in [7, 11) is 1.18. The van der Waals surface area contributed by atoms with Crippen molar-refractivity contribution in [1.29, 1.82) is 0 Å². The highest BCUT2D eigenvalue weighted by atomic mass is 35.5. The normalized spacial score (nSPS) is 32.1. The second-order valence-corrected chi connectivity index (χ2v) is 12.6. The van der Waals surface area contributed by atoms with Crippen LogP contribution in [0.2, 0.25) is 0 Å². The molecule has 1 saturated carbocycles. The second kappa shape index (κ2) is 9.46. The molecular formula is C29H20Cl2F6N2O5. The molecule has 3 fully saturated rings. The SMILES string of the molecule is CN1C(=O)C2(Cl)CC3C(=CCC4C(=O)N(c5cc(C(F)(F)F)cc(C(F)(F)F)c5)C(=O)C43)C(c3cccc(O)c3)C2(Cl)C1=O. The molecule has 2 aromatic rings. The van der Waals surface area contributed by atoms with Crippen LogP contribution in [-0.2, 0) is 31.5 Å². The van der Waals surface area contributed by atoms with Crippen LogP contribution in [0.25, 0.3) is 0 Å². The number of aromatic hydroxyl groups is 1. The fraction of sp³-hybridized carbons (Fsp3) is 0.379. The molecule has 44 heavy (non-hydrogen) atoms. The average molecular weight is 661 g/mol. The summed E-state index contributed by atoms with van der Waals surface area (Å²) in [5, 5.41) is 10.2. The Bertz CT molecular complexity index is 1660. The summed E-state index contributed by atoms with van der Waals surface area (Å²) in [6, 6.07) is 6.11. The lowest BCUT2D eigenvalue weighted by Gasteiger charge is -2.50. The van der Waals surface area contributed by atoms with Crippen LogP contribution in [0.1, 0.15) is 35.4 Å². The van der Waals surface area contributed by atoms with Crippen molar-refractivity contribution >= 4 is 52.5 Å². The van der Waals surface area contributed by atoms with E-state index >= 15 is 0 Å². The van der Waals surface area contributed by atoms with E-state index in [4.69, 9.17) is 23.2 Å². The van der Waals surface area contributed by atoms with Crippen molar-refractivity contribution in [2.24, 2.45) is 17.8 Å².